The van der Waals surface area contributed by atoms with Gasteiger partial charge in [0.05, 0.1) is 7.11 Å². The smallest absolute Gasteiger partial charge is 0.216 e. The molecule has 0 amide bonds. The average molecular weight is 193 g/mol. The highest BCUT2D eigenvalue weighted by atomic mass is 16.5. The number of ether oxygens (including phenoxy) is 1. The Morgan fingerprint density at radius 3 is 2.93 bits per heavy atom. The van der Waals surface area contributed by atoms with Crippen LogP contribution in [0.2, 0.25) is 0 Å². The predicted molar refractivity (Wildman–Crippen MR) is 53.2 cm³/mol. The van der Waals surface area contributed by atoms with Crippen LogP contribution in [-0.2, 0) is 6.42 Å². The molecule has 1 aliphatic rings. The molecule has 2 rings (SSSR count). The third-order valence-corrected chi connectivity index (χ3v) is 2.90. The number of aromatic nitrogens is 1. The molecular formula is C11H15NO2. The number of methoxy groups -OCH3 is 1. The van der Waals surface area contributed by atoms with Gasteiger partial charge in [0, 0.05) is 18.4 Å². The minimum atomic E-state index is 0.121. The summed E-state index contributed by atoms with van der Waals surface area (Å²) in [6.07, 6.45) is 4.82. The fraction of sp³-hybridized carbons (Fsp3) is 0.545. The van der Waals surface area contributed by atoms with E-state index in [4.69, 9.17) is 4.74 Å². The summed E-state index contributed by atoms with van der Waals surface area (Å²) in [5.74, 6) is 0.687. The Labute approximate surface area is 83.7 Å². The summed E-state index contributed by atoms with van der Waals surface area (Å²) in [5.41, 5.74) is 1.22. The zero-order valence-electron chi connectivity index (χ0n) is 8.36. The molecular weight excluding hydrogens is 178 g/mol. The molecule has 1 aliphatic carbocycles. The van der Waals surface area contributed by atoms with E-state index < -0.39 is 0 Å². The first-order valence-electron chi connectivity index (χ1n) is 4.88. The van der Waals surface area contributed by atoms with Crippen LogP contribution >= 0.6 is 0 Å². The zero-order valence-corrected chi connectivity index (χ0v) is 8.36. The lowest BCUT2D eigenvalue weighted by Crippen LogP contribution is -2.11. The van der Waals surface area contributed by atoms with Gasteiger partial charge in [-0.05, 0) is 30.7 Å². The van der Waals surface area contributed by atoms with Gasteiger partial charge in [-0.15, -0.1) is 0 Å². The van der Waals surface area contributed by atoms with Crippen molar-refractivity contribution in [3.63, 3.8) is 0 Å². The van der Waals surface area contributed by atoms with Gasteiger partial charge < -0.3 is 9.84 Å². The van der Waals surface area contributed by atoms with Crippen molar-refractivity contribution in [1.82, 2.24) is 4.98 Å². The van der Waals surface area contributed by atoms with Crippen molar-refractivity contribution in [1.29, 1.82) is 0 Å². The van der Waals surface area contributed by atoms with Gasteiger partial charge in [0.2, 0.25) is 5.88 Å². The lowest BCUT2D eigenvalue weighted by molar-refractivity contribution is 0.210. The molecule has 0 saturated heterocycles. The second kappa shape index (κ2) is 3.58. The maximum absolute atomic E-state index is 9.22. The number of pyridine rings is 1. The van der Waals surface area contributed by atoms with Gasteiger partial charge in [0.25, 0.3) is 0 Å². The number of aliphatic hydroxyl groups excluding tert-OH is 1. The maximum atomic E-state index is 9.22. The van der Waals surface area contributed by atoms with Gasteiger partial charge in [0.15, 0.2) is 0 Å². The molecule has 3 heteroatoms. The van der Waals surface area contributed by atoms with Crippen LogP contribution in [0.25, 0.3) is 0 Å². The molecule has 1 N–H and O–H groups in total. The van der Waals surface area contributed by atoms with Gasteiger partial charge in [-0.1, -0.05) is 6.07 Å². The van der Waals surface area contributed by atoms with E-state index in [0.29, 0.717) is 5.88 Å². The van der Waals surface area contributed by atoms with Crippen molar-refractivity contribution in [2.75, 3.05) is 13.7 Å². The molecule has 0 atom stereocenters. The molecule has 76 valence electrons. The lowest BCUT2D eigenvalue weighted by Gasteiger charge is -2.13. The second-order valence-corrected chi connectivity index (χ2v) is 4.01. The Hall–Kier alpha value is -1.09. The molecule has 1 fully saturated rings. The summed E-state index contributed by atoms with van der Waals surface area (Å²) in [6.45, 7) is 0.269. The SMILES string of the molecule is COc1ncccc1CC1(CO)CC1. The molecule has 1 heterocycles. The molecule has 1 saturated carbocycles. The maximum Gasteiger partial charge on any atom is 0.216 e. The molecule has 0 radical (unpaired) electrons. The van der Waals surface area contributed by atoms with Crippen LogP contribution in [-0.4, -0.2) is 23.8 Å². The van der Waals surface area contributed by atoms with Crippen molar-refractivity contribution in [3.8, 4) is 5.88 Å². The minimum absolute atomic E-state index is 0.121. The van der Waals surface area contributed by atoms with E-state index in [-0.39, 0.29) is 12.0 Å². The first-order valence-corrected chi connectivity index (χ1v) is 4.88. The van der Waals surface area contributed by atoms with E-state index in [1.54, 1.807) is 13.3 Å². The zero-order chi connectivity index (χ0) is 10.0. The van der Waals surface area contributed by atoms with E-state index in [1.807, 2.05) is 12.1 Å². The Morgan fingerprint density at radius 1 is 1.57 bits per heavy atom. The van der Waals surface area contributed by atoms with Gasteiger partial charge in [0.1, 0.15) is 0 Å². The summed E-state index contributed by atoms with van der Waals surface area (Å²) in [4.78, 5) is 4.14. The van der Waals surface area contributed by atoms with Gasteiger partial charge >= 0.3 is 0 Å². The second-order valence-electron chi connectivity index (χ2n) is 4.01. The molecule has 0 bridgehead atoms. The highest BCUT2D eigenvalue weighted by Crippen LogP contribution is 2.48. The van der Waals surface area contributed by atoms with Gasteiger partial charge in [-0.2, -0.15) is 0 Å². The fourth-order valence-corrected chi connectivity index (χ4v) is 1.71. The third kappa shape index (κ3) is 1.73. The monoisotopic (exact) mass is 193 g/mol. The van der Waals surface area contributed by atoms with Crippen LogP contribution < -0.4 is 4.74 Å². The Morgan fingerprint density at radius 2 is 2.36 bits per heavy atom. The summed E-state index contributed by atoms with van der Waals surface area (Å²) in [7, 11) is 1.63. The number of nitrogens with zero attached hydrogens (tertiary/aromatic N) is 1. The first-order chi connectivity index (χ1) is 6.79. The number of hydrogen-bond donors (Lipinski definition) is 1. The Balaban J connectivity index is 2.16. The molecule has 0 aromatic carbocycles. The van der Waals surface area contributed by atoms with E-state index in [1.165, 1.54) is 0 Å². The average Bonchev–Trinajstić information content (AvgIpc) is 2.99. The van der Waals surface area contributed by atoms with Crippen LogP contribution in [0.4, 0.5) is 0 Å². The van der Waals surface area contributed by atoms with E-state index in [2.05, 4.69) is 4.98 Å². The Kier molecular flexibility index (Phi) is 2.42. The van der Waals surface area contributed by atoms with Gasteiger partial charge in [-0.3, -0.25) is 0 Å². The van der Waals surface area contributed by atoms with Crippen molar-refractivity contribution in [3.05, 3.63) is 23.9 Å². The van der Waals surface area contributed by atoms with Crippen molar-refractivity contribution < 1.29 is 9.84 Å². The van der Waals surface area contributed by atoms with Crippen LogP contribution in [0.1, 0.15) is 18.4 Å². The summed E-state index contributed by atoms with van der Waals surface area (Å²) in [5, 5.41) is 9.22. The molecule has 1 aromatic rings. The van der Waals surface area contributed by atoms with Crippen LogP contribution in [0.5, 0.6) is 5.88 Å². The van der Waals surface area contributed by atoms with Crippen molar-refractivity contribution in [2.45, 2.75) is 19.3 Å². The lowest BCUT2D eigenvalue weighted by atomic mass is 9.98. The highest BCUT2D eigenvalue weighted by Gasteiger charge is 2.42. The van der Waals surface area contributed by atoms with Crippen molar-refractivity contribution in [2.24, 2.45) is 5.41 Å². The fourth-order valence-electron chi connectivity index (χ4n) is 1.71. The van der Waals surface area contributed by atoms with Crippen LogP contribution in [0, 0.1) is 5.41 Å². The largest absolute Gasteiger partial charge is 0.481 e. The number of hydrogen-bond acceptors (Lipinski definition) is 3. The number of rotatable bonds is 4. The van der Waals surface area contributed by atoms with E-state index in [9.17, 15) is 5.11 Å². The minimum Gasteiger partial charge on any atom is -0.481 e. The Bertz CT molecular complexity index is 321. The predicted octanol–water partition coefficient (Wildman–Crippen LogP) is 1.41. The molecule has 14 heavy (non-hydrogen) atoms. The van der Waals surface area contributed by atoms with Gasteiger partial charge in [-0.25, -0.2) is 4.98 Å². The molecule has 1 aromatic heterocycles. The van der Waals surface area contributed by atoms with Crippen LogP contribution in [0.3, 0.4) is 0 Å². The molecule has 0 spiro atoms. The molecule has 0 aliphatic heterocycles. The van der Waals surface area contributed by atoms with E-state index in [0.717, 1.165) is 24.8 Å². The number of aliphatic hydroxyl groups is 1. The van der Waals surface area contributed by atoms with Crippen molar-refractivity contribution >= 4 is 0 Å². The normalized spacial score (nSPS) is 17.9. The molecule has 0 unspecified atom stereocenters. The quantitative estimate of drug-likeness (QED) is 0.786. The summed E-state index contributed by atoms with van der Waals surface area (Å²) in [6, 6.07) is 3.92. The van der Waals surface area contributed by atoms with Crippen LogP contribution in [0.15, 0.2) is 18.3 Å². The molecule has 3 nitrogen and oxygen atoms in total. The highest BCUT2D eigenvalue weighted by molar-refractivity contribution is 5.27. The van der Waals surface area contributed by atoms with E-state index >= 15 is 0 Å². The summed E-state index contributed by atoms with van der Waals surface area (Å²) >= 11 is 0. The summed E-state index contributed by atoms with van der Waals surface area (Å²) < 4.78 is 5.17. The topological polar surface area (TPSA) is 42.4 Å². The standard InChI is InChI=1S/C11H15NO2/c1-14-10-9(3-2-6-12-10)7-11(8-13)4-5-11/h2-3,6,13H,4-5,7-8H2,1H3. The first kappa shape index (κ1) is 9.46. The third-order valence-electron chi connectivity index (χ3n) is 2.90.